The minimum atomic E-state index is -0.361. The van der Waals surface area contributed by atoms with Gasteiger partial charge in [0.1, 0.15) is 11.6 Å². The molecule has 0 saturated carbocycles. The number of pyridine rings is 1. The Hall–Kier alpha value is -3.75. The van der Waals surface area contributed by atoms with E-state index in [2.05, 4.69) is 25.8 Å². The number of anilines is 2. The molecule has 1 saturated heterocycles. The fourth-order valence-corrected chi connectivity index (χ4v) is 2.97. The summed E-state index contributed by atoms with van der Waals surface area (Å²) < 4.78 is 13.1. The fourth-order valence-electron chi connectivity index (χ4n) is 2.97. The van der Waals surface area contributed by atoms with Gasteiger partial charge in [0.2, 0.25) is 5.91 Å². The van der Waals surface area contributed by atoms with Crippen molar-refractivity contribution in [2.45, 2.75) is 0 Å². The molecule has 1 aliphatic heterocycles. The number of nitrogens with zero attached hydrogens (tertiary/aromatic N) is 3. The third-order valence-electron chi connectivity index (χ3n) is 4.38. The van der Waals surface area contributed by atoms with E-state index in [0.717, 1.165) is 0 Å². The molecule has 0 unspecified atom stereocenters. The Kier molecular flexibility index (Phi) is 4.71. The number of hydrogen-bond acceptors (Lipinski definition) is 5. The molecule has 28 heavy (non-hydrogen) atoms. The summed E-state index contributed by atoms with van der Waals surface area (Å²) in [5.74, 6) is -0.0894. The Labute approximate surface area is 159 Å². The Morgan fingerprint density at radius 1 is 1.14 bits per heavy atom. The van der Waals surface area contributed by atoms with E-state index in [1.165, 1.54) is 24.5 Å². The van der Waals surface area contributed by atoms with Gasteiger partial charge < -0.3 is 15.5 Å². The topological polar surface area (TPSA) is 103 Å². The van der Waals surface area contributed by atoms with Gasteiger partial charge in [-0.05, 0) is 36.4 Å². The number of carbonyl (C=O) groups is 2. The van der Waals surface area contributed by atoms with Crippen molar-refractivity contribution >= 4 is 23.3 Å². The van der Waals surface area contributed by atoms with Crippen molar-refractivity contribution in [3.63, 3.8) is 0 Å². The van der Waals surface area contributed by atoms with Gasteiger partial charge in [-0.15, -0.1) is 0 Å². The Bertz CT molecular complexity index is 1000. The van der Waals surface area contributed by atoms with Crippen molar-refractivity contribution in [3.05, 3.63) is 60.2 Å². The molecule has 0 atom stereocenters. The highest BCUT2D eigenvalue weighted by Gasteiger charge is 2.18. The second-order valence-electron chi connectivity index (χ2n) is 6.30. The Balaban J connectivity index is 1.48. The molecule has 0 radical (unpaired) electrons. The van der Waals surface area contributed by atoms with Crippen LogP contribution in [0, 0.1) is 5.82 Å². The van der Waals surface area contributed by atoms with Crippen LogP contribution in [0.1, 0.15) is 10.4 Å². The van der Waals surface area contributed by atoms with Gasteiger partial charge in [-0.2, -0.15) is 5.10 Å². The summed E-state index contributed by atoms with van der Waals surface area (Å²) in [6.45, 7) is 1.51. The molecule has 3 N–H and O–H groups in total. The van der Waals surface area contributed by atoms with Gasteiger partial charge >= 0.3 is 0 Å². The van der Waals surface area contributed by atoms with Crippen molar-refractivity contribution in [2.24, 2.45) is 0 Å². The summed E-state index contributed by atoms with van der Waals surface area (Å²) in [6.07, 6.45) is 2.96. The van der Waals surface area contributed by atoms with E-state index in [9.17, 15) is 14.0 Å². The van der Waals surface area contributed by atoms with Crippen molar-refractivity contribution in [1.29, 1.82) is 0 Å². The standard InChI is InChI=1S/C19H17FN6O2/c20-13-3-1-12(2-4-13)18-15(10-23-25-18)19(28)24-14-5-6-16(22-9-14)26-8-7-21-17(27)11-26/h1-6,9-10H,7-8,11H2,(H,21,27)(H,23,25)(H,24,28). The van der Waals surface area contributed by atoms with Gasteiger partial charge in [-0.3, -0.25) is 14.7 Å². The van der Waals surface area contributed by atoms with E-state index in [1.54, 1.807) is 24.3 Å². The van der Waals surface area contributed by atoms with Crippen LogP contribution in [-0.4, -0.2) is 46.6 Å². The zero-order valence-corrected chi connectivity index (χ0v) is 14.8. The normalized spacial score (nSPS) is 13.9. The first-order chi connectivity index (χ1) is 13.6. The molecule has 0 aliphatic carbocycles. The minimum absolute atomic E-state index is 0.0429. The summed E-state index contributed by atoms with van der Waals surface area (Å²) in [6, 6.07) is 9.27. The smallest absolute Gasteiger partial charge is 0.259 e. The van der Waals surface area contributed by atoms with Gasteiger partial charge in [-0.25, -0.2) is 9.37 Å². The van der Waals surface area contributed by atoms with Gasteiger partial charge in [0, 0.05) is 18.7 Å². The first kappa shape index (κ1) is 17.7. The Morgan fingerprint density at radius 3 is 2.68 bits per heavy atom. The maximum Gasteiger partial charge on any atom is 0.259 e. The predicted octanol–water partition coefficient (Wildman–Crippen LogP) is 1.80. The van der Waals surface area contributed by atoms with Crippen molar-refractivity contribution in [2.75, 3.05) is 29.9 Å². The van der Waals surface area contributed by atoms with Crippen molar-refractivity contribution in [3.8, 4) is 11.3 Å². The second-order valence-corrected chi connectivity index (χ2v) is 6.30. The monoisotopic (exact) mass is 380 g/mol. The maximum absolute atomic E-state index is 13.1. The lowest BCUT2D eigenvalue weighted by Crippen LogP contribution is -2.48. The molecule has 9 heteroatoms. The number of rotatable bonds is 4. The first-order valence-corrected chi connectivity index (χ1v) is 8.68. The number of H-pyrrole nitrogens is 1. The number of halogens is 1. The quantitative estimate of drug-likeness (QED) is 0.640. The molecule has 142 valence electrons. The highest BCUT2D eigenvalue weighted by Crippen LogP contribution is 2.23. The zero-order chi connectivity index (χ0) is 19.5. The summed E-state index contributed by atoms with van der Waals surface area (Å²) >= 11 is 0. The van der Waals surface area contributed by atoms with Crippen LogP contribution < -0.4 is 15.5 Å². The molecule has 0 bridgehead atoms. The maximum atomic E-state index is 13.1. The van der Waals surface area contributed by atoms with Crippen LogP contribution in [0.2, 0.25) is 0 Å². The molecule has 2 amide bonds. The van der Waals surface area contributed by atoms with Crippen molar-refractivity contribution < 1.29 is 14.0 Å². The number of hydrogen-bond donors (Lipinski definition) is 3. The highest BCUT2D eigenvalue weighted by molar-refractivity contribution is 6.07. The Morgan fingerprint density at radius 2 is 1.96 bits per heavy atom. The molecule has 3 heterocycles. The van der Waals surface area contributed by atoms with E-state index in [-0.39, 0.29) is 24.2 Å². The summed E-state index contributed by atoms with van der Waals surface area (Å²) in [4.78, 5) is 30.3. The molecule has 2 aromatic heterocycles. The summed E-state index contributed by atoms with van der Waals surface area (Å²) in [5.41, 5.74) is 2.01. The van der Waals surface area contributed by atoms with E-state index < -0.39 is 0 Å². The molecular formula is C19H17FN6O2. The SMILES string of the molecule is O=C1CN(c2ccc(NC(=O)c3cn[nH]c3-c3ccc(F)cc3)cn2)CCN1. The van der Waals surface area contributed by atoms with Gasteiger partial charge in [0.25, 0.3) is 5.91 Å². The number of amides is 2. The second kappa shape index (κ2) is 7.47. The molecular weight excluding hydrogens is 363 g/mol. The largest absolute Gasteiger partial charge is 0.353 e. The van der Waals surface area contributed by atoms with E-state index in [0.29, 0.717) is 41.4 Å². The molecule has 4 rings (SSSR count). The average molecular weight is 380 g/mol. The molecule has 1 fully saturated rings. The van der Waals surface area contributed by atoms with Crippen LogP contribution in [0.4, 0.5) is 15.9 Å². The minimum Gasteiger partial charge on any atom is -0.353 e. The molecule has 1 aromatic carbocycles. The molecule has 1 aliphatic rings. The summed E-state index contributed by atoms with van der Waals surface area (Å²) in [7, 11) is 0. The zero-order valence-electron chi connectivity index (χ0n) is 14.8. The van der Waals surface area contributed by atoms with Crippen LogP contribution >= 0.6 is 0 Å². The van der Waals surface area contributed by atoms with Gasteiger partial charge in [0.05, 0.1) is 35.9 Å². The number of benzene rings is 1. The first-order valence-electron chi connectivity index (χ1n) is 8.68. The highest BCUT2D eigenvalue weighted by atomic mass is 19.1. The van der Waals surface area contributed by atoms with Crippen LogP contribution in [-0.2, 0) is 4.79 Å². The molecule has 3 aromatic rings. The number of aromatic amines is 1. The lowest BCUT2D eigenvalue weighted by atomic mass is 10.1. The van der Waals surface area contributed by atoms with Crippen LogP contribution in [0.25, 0.3) is 11.3 Å². The molecule has 8 nitrogen and oxygen atoms in total. The van der Waals surface area contributed by atoms with Gasteiger partial charge in [0.15, 0.2) is 0 Å². The van der Waals surface area contributed by atoms with Crippen molar-refractivity contribution in [1.82, 2.24) is 20.5 Å². The van der Waals surface area contributed by atoms with E-state index in [1.807, 2.05) is 4.90 Å². The molecule has 0 spiro atoms. The summed E-state index contributed by atoms with van der Waals surface area (Å²) in [5, 5.41) is 12.2. The van der Waals surface area contributed by atoms with Crippen LogP contribution in [0.5, 0.6) is 0 Å². The van der Waals surface area contributed by atoms with Crippen LogP contribution in [0.3, 0.4) is 0 Å². The third kappa shape index (κ3) is 3.68. The fraction of sp³-hybridized carbons (Fsp3) is 0.158. The van der Waals surface area contributed by atoms with E-state index >= 15 is 0 Å². The predicted molar refractivity (Wildman–Crippen MR) is 101 cm³/mol. The van der Waals surface area contributed by atoms with Crippen LogP contribution in [0.15, 0.2) is 48.8 Å². The van der Waals surface area contributed by atoms with Gasteiger partial charge in [-0.1, -0.05) is 0 Å². The number of carbonyl (C=O) groups excluding carboxylic acids is 2. The average Bonchev–Trinajstić information content (AvgIpc) is 3.19. The number of piperazine rings is 1. The number of nitrogens with one attached hydrogen (secondary N) is 3. The third-order valence-corrected chi connectivity index (χ3v) is 4.38. The van der Waals surface area contributed by atoms with E-state index in [4.69, 9.17) is 0 Å². The number of aromatic nitrogens is 3. The lowest BCUT2D eigenvalue weighted by molar-refractivity contribution is -0.120. The lowest BCUT2D eigenvalue weighted by Gasteiger charge is -2.27.